The lowest BCUT2D eigenvalue weighted by Gasteiger charge is -2.21. The van der Waals surface area contributed by atoms with E-state index in [-0.39, 0.29) is 6.61 Å². The van der Waals surface area contributed by atoms with E-state index in [9.17, 15) is 4.79 Å². The van der Waals surface area contributed by atoms with Crippen LogP contribution in [0.2, 0.25) is 0 Å². The van der Waals surface area contributed by atoms with Gasteiger partial charge in [0.15, 0.2) is 12.6 Å². The van der Waals surface area contributed by atoms with E-state index in [2.05, 4.69) is 41.7 Å². The van der Waals surface area contributed by atoms with E-state index in [1.807, 2.05) is 24.3 Å². The predicted octanol–water partition coefficient (Wildman–Crippen LogP) is 2.29. The Morgan fingerprint density at radius 1 is 1.26 bits per heavy atom. The van der Waals surface area contributed by atoms with Crippen molar-refractivity contribution in [1.29, 1.82) is 0 Å². The van der Waals surface area contributed by atoms with Crippen molar-refractivity contribution < 1.29 is 9.53 Å². The Hall–Kier alpha value is -2.54. The number of carbonyl (C=O) groups excluding carboxylic acids is 1. The van der Waals surface area contributed by atoms with Crippen molar-refractivity contribution in [2.45, 2.75) is 19.8 Å². The van der Waals surface area contributed by atoms with E-state index in [0.29, 0.717) is 12.3 Å². The topological polar surface area (TPSA) is 80.0 Å². The van der Waals surface area contributed by atoms with Crippen LogP contribution in [0.1, 0.15) is 17.4 Å². The molecule has 0 unspecified atom stereocenters. The summed E-state index contributed by atoms with van der Waals surface area (Å²) in [6.07, 6.45) is 1.86. The Kier molecular flexibility index (Phi) is 8.64. The molecule has 0 spiro atoms. The van der Waals surface area contributed by atoms with Crippen molar-refractivity contribution in [3.8, 4) is 5.75 Å². The van der Waals surface area contributed by atoms with E-state index in [1.165, 1.54) is 10.4 Å². The number of nitrogens with one attached hydrogen (secondary N) is 1. The normalized spacial score (nSPS) is 11.3. The number of nitrogens with two attached hydrogens (primary N) is 1. The van der Waals surface area contributed by atoms with Gasteiger partial charge in [0.25, 0.3) is 5.91 Å². The number of rotatable bonds is 10. The molecule has 0 aliphatic rings. The average Bonchev–Trinajstić information content (AvgIpc) is 3.18. The number of thiophene rings is 1. The minimum atomic E-state index is -0.479. The van der Waals surface area contributed by atoms with Gasteiger partial charge in [-0.05, 0) is 48.9 Å². The maximum atomic E-state index is 10.7. The summed E-state index contributed by atoms with van der Waals surface area (Å²) in [6, 6.07) is 11.9. The first kappa shape index (κ1) is 20.8. The first-order valence-electron chi connectivity index (χ1n) is 9.10. The zero-order valence-electron chi connectivity index (χ0n) is 16.0. The highest BCUT2D eigenvalue weighted by Gasteiger charge is 2.06. The second-order valence-corrected chi connectivity index (χ2v) is 7.17. The van der Waals surface area contributed by atoms with Crippen molar-refractivity contribution in [2.75, 3.05) is 33.3 Å². The van der Waals surface area contributed by atoms with Gasteiger partial charge in [0.1, 0.15) is 5.75 Å². The van der Waals surface area contributed by atoms with Crippen LogP contribution in [0.5, 0.6) is 5.75 Å². The molecule has 27 heavy (non-hydrogen) atoms. The van der Waals surface area contributed by atoms with Gasteiger partial charge in [-0.25, -0.2) is 0 Å². The van der Waals surface area contributed by atoms with Gasteiger partial charge in [-0.2, -0.15) is 0 Å². The molecule has 146 valence electrons. The molecule has 0 radical (unpaired) electrons. The van der Waals surface area contributed by atoms with Crippen molar-refractivity contribution in [3.63, 3.8) is 0 Å². The molecule has 1 aromatic heterocycles. The van der Waals surface area contributed by atoms with Crippen LogP contribution < -0.4 is 15.8 Å². The molecule has 1 heterocycles. The molecule has 0 aliphatic carbocycles. The molecule has 1 amide bonds. The fourth-order valence-corrected chi connectivity index (χ4v) is 3.20. The molecule has 0 saturated heterocycles. The minimum absolute atomic E-state index is 0.104. The number of benzene rings is 1. The molecule has 2 rings (SSSR count). The number of nitrogens with zero attached hydrogens (tertiary/aromatic N) is 2. The number of likely N-dealkylation sites (N-methyl/N-ethyl adjacent to an activating group) is 1. The Labute approximate surface area is 165 Å². The molecule has 0 saturated carbocycles. The number of aliphatic imine (C=N–C) groups is 1. The maximum absolute atomic E-state index is 10.7. The number of carbonyl (C=O) groups is 1. The van der Waals surface area contributed by atoms with Crippen LogP contribution in [0, 0.1) is 0 Å². The van der Waals surface area contributed by atoms with E-state index in [4.69, 9.17) is 15.5 Å². The van der Waals surface area contributed by atoms with Crippen LogP contribution in [0.4, 0.5) is 0 Å². The van der Waals surface area contributed by atoms with Gasteiger partial charge < -0.3 is 20.7 Å². The summed E-state index contributed by atoms with van der Waals surface area (Å²) in [7, 11) is 2.07. The summed E-state index contributed by atoms with van der Waals surface area (Å²) >= 11 is 1.79. The quantitative estimate of drug-likeness (QED) is 0.483. The Morgan fingerprint density at radius 3 is 2.67 bits per heavy atom. The minimum Gasteiger partial charge on any atom is -0.484 e. The molecule has 1 aromatic carbocycles. The van der Waals surface area contributed by atoms with Crippen LogP contribution >= 0.6 is 11.3 Å². The summed E-state index contributed by atoms with van der Waals surface area (Å²) in [5.41, 5.74) is 6.24. The van der Waals surface area contributed by atoms with E-state index in [1.54, 1.807) is 11.3 Å². The number of amides is 1. The number of hydrogen-bond donors (Lipinski definition) is 2. The van der Waals surface area contributed by atoms with Crippen LogP contribution in [0.25, 0.3) is 0 Å². The van der Waals surface area contributed by atoms with E-state index < -0.39 is 5.91 Å². The highest BCUT2D eigenvalue weighted by atomic mass is 32.1. The lowest BCUT2D eigenvalue weighted by atomic mass is 10.1. The van der Waals surface area contributed by atoms with Gasteiger partial charge in [-0.3, -0.25) is 9.79 Å². The fraction of sp³-hybridized carbons (Fsp3) is 0.400. The van der Waals surface area contributed by atoms with Crippen LogP contribution in [-0.4, -0.2) is 50.1 Å². The zero-order chi connectivity index (χ0) is 19.5. The summed E-state index contributed by atoms with van der Waals surface area (Å²) in [5, 5.41) is 5.46. The first-order chi connectivity index (χ1) is 13.1. The summed E-state index contributed by atoms with van der Waals surface area (Å²) in [6.45, 7) is 4.44. The van der Waals surface area contributed by atoms with Gasteiger partial charge in [0, 0.05) is 31.6 Å². The van der Waals surface area contributed by atoms with Crippen molar-refractivity contribution >= 4 is 23.2 Å². The monoisotopic (exact) mass is 388 g/mol. The lowest BCUT2D eigenvalue weighted by Crippen LogP contribution is -2.40. The summed E-state index contributed by atoms with van der Waals surface area (Å²) in [4.78, 5) is 19.0. The maximum Gasteiger partial charge on any atom is 0.255 e. The predicted molar refractivity (Wildman–Crippen MR) is 111 cm³/mol. The van der Waals surface area contributed by atoms with Crippen LogP contribution in [0.3, 0.4) is 0 Å². The summed E-state index contributed by atoms with van der Waals surface area (Å²) < 4.78 is 5.27. The van der Waals surface area contributed by atoms with Crippen molar-refractivity contribution in [1.82, 2.24) is 10.2 Å². The highest BCUT2D eigenvalue weighted by molar-refractivity contribution is 7.09. The third-order valence-electron chi connectivity index (χ3n) is 3.94. The second-order valence-electron chi connectivity index (χ2n) is 6.14. The Morgan fingerprint density at radius 2 is 2.04 bits per heavy atom. The van der Waals surface area contributed by atoms with Gasteiger partial charge in [-0.1, -0.05) is 18.2 Å². The number of primary amides is 1. The second kappa shape index (κ2) is 11.2. The summed E-state index contributed by atoms with van der Waals surface area (Å²) in [5.74, 6) is 1.09. The van der Waals surface area contributed by atoms with E-state index in [0.717, 1.165) is 31.9 Å². The van der Waals surface area contributed by atoms with E-state index >= 15 is 0 Å². The molecule has 0 fully saturated rings. The molecule has 3 N–H and O–H groups in total. The Bertz CT molecular complexity index is 714. The number of hydrogen-bond acceptors (Lipinski definition) is 4. The highest BCUT2D eigenvalue weighted by Crippen LogP contribution is 2.13. The molecular formula is C20H28N4O2S. The molecule has 7 heteroatoms. The average molecular weight is 389 g/mol. The lowest BCUT2D eigenvalue weighted by molar-refractivity contribution is -0.119. The van der Waals surface area contributed by atoms with Gasteiger partial charge in [0.2, 0.25) is 0 Å². The smallest absolute Gasteiger partial charge is 0.255 e. The van der Waals surface area contributed by atoms with Crippen LogP contribution in [0.15, 0.2) is 46.8 Å². The standard InChI is InChI=1S/C20H28N4O2S/c1-3-22-20(24(2)13-11-18-5-4-14-27-18)23-12-10-16-6-8-17(9-7-16)26-15-19(21)25/h4-9,14H,3,10-13,15H2,1-2H3,(H2,21,25)(H,22,23). The van der Waals surface area contributed by atoms with Crippen molar-refractivity contribution in [3.05, 3.63) is 52.2 Å². The molecule has 0 bridgehead atoms. The molecular weight excluding hydrogens is 360 g/mol. The number of ether oxygens (including phenoxy) is 1. The molecule has 6 nitrogen and oxygen atoms in total. The Balaban J connectivity index is 1.83. The fourth-order valence-electron chi connectivity index (χ4n) is 2.51. The third kappa shape index (κ3) is 7.70. The zero-order valence-corrected chi connectivity index (χ0v) is 16.8. The SMILES string of the molecule is CCNC(=NCCc1ccc(OCC(N)=O)cc1)N(C)CCc1cccs1. The van der Waals surface area contributed by atoms with Crippen molar-refractivity contribution in [2.24, 2.45) is 10.7 Å². The molecule has 0 atom stereocenters. The van der Waals surface area contributed by atoms with Gasteiger partial charge in [-0.15, -0.1) is 11.3 Å². The third-order valence-corrected chi connectivity index (χ3v) is 4.87. The van der Waals surface area contributed by atoms with Crippen LogP contribution in [-0.2, 0) is 17.6 Å². The molecule has 0 aliphatic heterocycles. The van der Waals surface area contributed by atoms with Gasteiger partial charge >= 0.3 is 0 Å². The first-order valence-corrected chi connectivity index (χ1v) is 9.98. The molecule has 2 aromatic rings. The number of guanidine groups is 1. The van der Waals surface area contributed by atoms with Gasteiger partial charge in [0.05, 0.1) is 0 Å². The largest absolute Gasteiger partial charge is 0.484 e.